The average Bonchev–Trinajstić information content (AvgIpc) is 3.06. The molecule has 108 valence electrons. The van der Waals surface area contributed by atoms with Gasteiger partial charge in [-0.2, -0.15) is 0 Å². The summed E-state index contributed by atoms with van der Waals surface area (Å²) in [6.45, 7) is 8.29. The van der Waals surface area contributed by atoms with E-state index in [9.17, 15) is 0 Å². The molecule has 0 radical (unpaired) electrons. The van der Waals surface area contributed by atoms with Gasteiger partial charge in [-0.15, -0.1) is 0 Å². The predicted octanol–water partition coefficient (Wildman–Crippen LogP) is 3.13. The Labute approximate surface area is 134 Å². The standard InChI is InChI=1S/C15H20BIO3/c1-14(2)15(3,4)20-16(19-14)10-7-11(17)9-13(8-10)18-12-5-6-12/h7-9,12H,5-6H2,1-4H3. The number of hydrogen-bond donors (Lipinski definition) is 0. The van der Waals surface area contributed by atoms with Crippen LogP contribution in [0.25, 0.3) is 0 Å². The molecule has 1 aliphatic heterocycles. The molecule has 0 amide bonds. The molecule has 1 saturated carbocycles. The maximum Gasteiger partial charge on any atom is 0.495 e. The van der Waals surface area contributed by atoms with Crippen molar-refractivity contribution in [2.45, 2.75) is 57.8 Å². The summed E-state index contributed by atoms with van der Waals surface area (Å²) in [4.78, 5) is 0. The van der Waals surface area contributed by atoms with E-state index in [1.54, 1.807) is 0 Å². The smallest absolute Gasteiger partial charge is 0.490 e. The third-order valence-corrected chi connectivity index (χ3v) is 4.87. The van der Waals surface area contributed by atoms with Crippen molar-refractivity contribution in [3.05, 3.63) is 21.8 Å². The van der Waals surface area contributed by atoms with Crippen LogP contribution in [0.2, 0.25) is 0 Å². The van der Waals surface area contributed by atoms with E-state index in [4.69, 9.17) is 14.0 Å². The van der Waals surface area contributed by atoms with Gasteiger partial charge in [-0.25, -0.2) is 0 Å². The number of rotatable bonds is 3. The summed E-state index contributed by atoms with van der Waals surface area (Å²) in [5.74, 6) is 0.920. The zero-order valence-electron chi connectivity index (χ0n) is 12.4. The first-order valence-electron chi connectivity index (χ1n) is 7.10. The van der Waals surface area contributed by atoms with Crippen LogP contribution in [-0.4, -0.2) is 24.4 Å². The predicted molar refractivity (Wildman–Crippen MR) is 88.5 cm³/mol. The molecular formula is C15H20BIO3. The van der Waals surface area contributed by atoms with Gasteiger partial charge in [0.1, 0.15) is 5.75 Å². The summed E-state index contributed by atoms with van der Waals surface area (Å²) in [6, 6.07) is 6.21. The first-order valence-corrected chi connectivity index (χ1v) is 8.17. The molecule has 1 saturated heterocycles. The van der Waals surface area contributed by atoms with Gasteiger partial charge in [0.25, 0.3) is 0 Å². The van der Waals surface area contributed by atoms with Crippen molar-refractivity contribution in [1.82, 2.24) is 0 Å². The SMILES string of the molecule is CC1(C)OB(c2cc(I)cc(OC3CC3)c2)OC1(C)C. The lowest BCUT2D eigenvalue weighted by Crippen LogP contribution is -2.41. The summed E-state index contributed by atoms with van der Waals surface area (Å²) in [7, 11) is -0.323. The zero-order valence-corrected chi connectivity index (χ0v) is 14.6. The highest BCUT2D eigenvalue weighted by Crippen LogP contribution is 2.37. The Kier molecular flexibility index (Phi) is 3.58. The molecule has 0 spiro atoms. The second-order valence-electron chi connectivity index (χ2n) is 6.63. The van der Waals surface area contributed by atoms with Crippen molar-refractivity contribution in [1.29, 1.82) is 0 Å². The molecule has 5 heteroatoms. The topological polar surface area (TPSA) is 27.7 Å². The van der Waals surface area contributed by atoms with E-state index in [2.05, 4.69) is 62.4 Å². The molecule has 2 aliphatic rings. The molecule has 1 aliphatic carbocycles. The molecule has 0 atom stereocenters. The van der Waals surface area contributed by atoms with E-state index in [-0.39, 0.29) is 18.3 Å². The summed E-state index contributed by atoms with van der Waals surface area (Å²) in [5.41, 5.74) is 0.415. The van der Waals surface area contributed by atoms with Crippen LogP contribution in [0, 0.1) is 3.57 Å². The number of hydrogen-bond acceptors (Lipinski definition) is 3. The van der Waals surface area contributed by atoms with Crippen LogP contribution in [0.4, 0.5) is 0 Å². The molecule has 0 bridgehead atoms. The first kappa shape index (κ1) is 14.7. The van der Waals surface area contributed by atoms with Crippen molar-refractivity contribution in [3.8, 4) is 5.75 Å². The monoisotopic (exact) mass is 386 g/mol. The normalized spacial score (nSPS) is 23.9. The van der Waals surface area contributed by atoms with Crippen LogP contribution >= 0.6 is 22.6 Å². The third kappa shape index (κ3) is 2.85. The van der Waals surface area contributed by atoms with E-state index in [1.165, 1.54) is 0 Å². The number of halogens is 1. The maximum atomic E-state index is 6.10. The molecule has 3 nitrogen and oxygen atoms in total. The summed E-state index contributed by atoms with van der Waals surface area (Å²) in [6.07, 6.45) is 2.73. The summed E-state index contributed by atoms with van der Waals surface area (Å²) in [5, 5.41) is 0. The molecule has 1 aromatic carbocycles. The van der Waals surface area contributed by atoms with Crippen molar-refractivity contribution in [2.24, 2.45) is 0 Å². The molecule has 2 fully saturated rings. The van der Waals surface area contributed by atoms with E-state index >= 15 is 0 Å². The zero-order chi connectivity index (χ0) is 14.5. The lowest BCUT2D eigenvalue weighted by Gasteiger charge is -2.32. The fourth-order valence-electron chi connectivity index (χ4n) is 2.15. The van der Waals surface area contributed by atoms with Gasteiger partial charge in [0.05, 0.1) is 17.3 Å². The highest BCUT2D eigenvalue weighted by Gasteiger charge is 2.51. The molecule has 1 aromatic rings. The van der Waals surface area contributed by atoms with Gasteiger partial charge >= 0.3 is 7.12 Å². The molecular weight excluding hydrogens is 366 g/mol. The quantitative estimate of drug-likeness (QED) is 0.591. The highest BCUT2D eigenvalue weighted by atomic mass is 127. The second-order valence-corrected chi connectivity index (χ2v) is 7.87. The fraction of sp³-hybridized carbons (Fsp3) is 0.600. The number of benzene rings is 1. The van der Waals surface area contributed by atoms with Gasteiger partial charge in [0.2, 0.25) is 0 Å². The molecule has 20 heavy (non-hydrogen) atoms. The van der Waals surface area contributed by atoms with Crippen LogP contribution in [-0.2, 0) is 9.31 Å². The van der Waals surface area contributed by atoms with E-state index in [1.807, 2.05) is 6.07 Å². The molecule has 1 heterocycles. The minimum absolute atomic E-state index is 0.309. The maximum absolute atomic E-state index is 6.10. The highest BCUT2D eigenvalue weighted by molar-refractivity contribution is 14.1. The van der Waals surface area contributed by atoms with E-state index in [0.29, 0.717) is 6.10 Å². The van der Waals surface area contributed by atoms with Crippen molar-refractivity contribution < 1.29 is 14.0 Å². The minimum Gasteiger partial charge on any atom is -0.490 e. The molecule has 0 aromatic heterocycles. The lowest BCUT2D eigenvalue weighted by molar-refractivity contribution is 0.00578. The Hall–Kier alpha value is -0.265. The average molecular weight is 386 g/mol. The van der Waals surface area contributed by atoms with Crippen molar-refractivity contribution in [3.63, 3.8) is 0 Å². The van der Waals surface area contributed by atoms with Crippen LogP contribution in [0.3, 0.4) is 0 Å². The lowest BCUT2D eigenvalue weighted by atomic mass is 9.79. The van der Waals surface area contributed by atoms with Crippen LogP contribution in [0.15, 0.2) is 18.2 Å². The van der Waals surface area contributed by atoms with Gasteiger partial charge in [-0.1, -0.05) is 0 Å². The summed E-state index contributed by atoms with van der Waals surface area (Å²) >= 11 is 2.31. The van der Waals surface area contributed by atoms with Gasteiger partial charge in [-0.3, -0.25) is 0 Å². The Morgan fingerprint density at radius 2 is 1.70 bits per heavy atom. The molecule has 0 N–H and O–H groups in total. The van der Waals surface area contributed by atoms with Crippen molar-refractivity contribution >= 4 is 35.2 Å². The Morgan fingerprint density at radius 3 is 2.25 bits per heavy atom. The van der Waals surface area contributed by atoms with Crippen LogP contribution in [0.1, 0.15) is 40.5 Å². The van der Waals surface area contributed by atoms with Gasteiger partial charge < -0.3 is 14.0 Å². The minimum atomic E-state index is -0.323. The van der Waals surface area contributed by atoms with E-state index < -0.39 is 0 Å². The Bertz CT molecular complexity index is 510. The van der Waals surface area contributed by atoms with Crippen LogP contribution in [0.5, 0.6) is 5.75 Å². The fourth-order valence-corrected chi connectivity index (χ4v) is 2.81. The van der Waals surface area contributed by atoms with Gasteiger partial charge in [-0.05, 0) is 86.8 Å². The van der Waals surface area contributed by atoms with E-state index in [0.717, 1.165) is 27.6 Å². The number of ether oxygens (including phenoxy) is 1. The largest absolute Gasteiger partial charge is 0.495 e. The Morgan fingerprint density at radius 1 is 1.10 bits per heavy atom. The molecule has 3 rings (SSSR count). The molecule has 0 unspecified atom stereocenters. The first-order chi connectivity index (χ1) is 9.27. The Balaban J connectivity index is 1.85. The summed E-state index contributed by atoms with van der Waals surface area (Å²) < 4.78 is 19.2. The third-order valence-electron chi connectivity index (χ3n) is 4.25. The van der Waals surface area contributed by atoms with Crippen LogP contribution < -0.4 is 10.2 Å². The van der Waals surface area contributed by atoms with Gasteiger partial charge in [0.15, 0.2) is 0 Å². The van der Waals surface area contributed by atoms with Crippen molar-refractivity contribution in [2.75, 3.05) is 0 Å². The van der Waals surface area contributed by atoms with Gasteiger partial charge in [0, 0.05) is 3.57 Å². The second kappa shape index (κ2) is 4.88.